The largest absolute Gasteiger partial charge is 0.159 e. The maximum atomic E-state index is 2.34. The summed E-state index contributed by atoms with van der Waals surface area (Å²) in [4.78, 5) is 0. The van der Waals surface area contributed by atoms with Gasteiger partial charge in [-0.05, 0) is 18.1 Å². The third-order valence-electron chi connectivity index (χ3n) is 1.76. The predicted octanol–water partition coefficient (Wildman–Crippen LogP) is 3.17. The lowest BCUT2D eigenvalue weighted by Gasteiger charge is -2.04. The van der Waals surface area contributed by atoms with Gasteiger partial charge in [-0.25, -0.2) is 0 Å². The van der Waals surface area contributed by atoms with Crippen LogP contribution in [0.15, 0.2) is 0 Å². The second-order valence-electron chi connectivity index (χ2n) is 2.34. The Kier molecular flexibility index (Phi) is 5.36. The zero-order valence-electron chi connectivity index (χ0n) is 6.98. The highest BCUT2D eigenvalue weighted by Gasteiger charge is 2.18. The molecule has 1 aliphatic heterocycles. The molecule has 0 amide bonds. The molecule has 0 nitrogen and oxygen atoms in total. The van der Waals surface area contributed by atoms with Gasteiger partial charge < -0.3 is 0 Å². The van der Waals surface area contributed by atoms with E-state index in [2.05, 4.69) is 25.6 Å². The minimum Gasteiger partial charge on any atom is -0.159 e. The van der Waals surface area contributed by atoms with Crippen molar-refractivity contribution in [3.63, 3.8) is 0 Å². The molecule has 2 unspecified atom stereocenters. The molecule has 1 heterocycles. The van der Waals surface area contributed by atoms with Crippen LogP contribution in [0.1, 0.15) is 34.1 Å². The van der Waals surface area contributed by atoms with E-state index >= 15 is 0 Å². The Morgan fingerprint density at radius 1 is 1.22 bits per heavy atom. The van der Waals surface area contributed by atoms with Gasteiger partial charge in [0.15, 0.2) is 0 Å². The van der Waals surface area contributed by atoms with Gasteiger partial charge >= 0.3 is 0 Å². The smallest absolute Gasteiger partial charge is 0.00446 e. The number of hydrogen-bond donors (Lipinski definition) is 0. The van der Waals surface area contributed by atoms with Gasteiger partial charge in [-0.2, -0.15) is 11.8 Å². The van der Waals surface area contributed by atoms with Crippen molar-refractivity contribution in [2.75, 3.05) is 5.75 Å². The highest BCUT2D eigenvalue weighted by Crippen LogP contribution is 2.30. The molecular weight excluding hydrogens is 128 g/mol. The van der Waals surface area contributed by atoms with E-state index in [9.17, 15) is 0 Å². The van der Waals surface area contributed by atoms with Gasteiger partial charge in [0.1, 0.15) is 0 Å². The summed E-state index contributed by atoms with van der Waals surface area (Å²) in [5, 5.41) is 0.931. The fourth-order valence-electron chi connectivity index (χ4n) is 0.839. The van der Waals surface area contributed by atoms with Crippen LogP contribution in [0.3, 0.4) is 0 Å². The standard InChI is InChI=1S/C6H12S.C2H6/c1-5-3-4-7-6(5)2;1-2/h5-6H,3-4H2,1-2H3;1-2H3. The zero-order chi connectivity index (χ0) is 7.28. The van der Waals surface area contributed by atoms with E-state index in [0.717, 1.165) is 11.2 Å². The summed E-state index contributed by atoms with van der Waals surface area (Å²) in [5.74, 6) is 2.37. The van der Waals surface area contributed by atoms with E-state index in [4.69, 9.17) is 0 Å². The van der Waals surface area contributed by atoms with E-state index in [1.165, 1.54) is 12.2 Å². The van der Waals surface area contributed by atoms with Crippen LogP contribution in [0.2, 0.25) is 0 Å². The third kappa shape index (κ3) is 3.14. The van der Waals surface area contributed by atoms with Crippen LogP contribution in [-0.2, 0) is 0 Å². The van der Waals surface area contributed by atoms with Gasteiger partial charge in [0, 0.05) is 5.25 Å². The summed E-state index contributed by atoms with van der Waals surface area (Å²) in [6.45, 7) is 8.66. The molecule has 0 aliphatic carbocycles. The highest BCUT2D eigenvalue weighted by atomic mass is 32.2. The molecule has 0 N–H and O–H groups in total. The van der Waals surface area contributed by atoms with Gasteiger partial charge in [-0.15, -0.1) is 0 Å². The van der Waals surface area contributed by atoms with Crippen LogP contribution < -0.4 is 0 Å². The molecule has 0 radical (unpaired) electrons. The van der Waals surface area contributed by atoms with Crippen LogP contribution in [0, 0.1) is 5.92 Å². The molecule has 1 heteroatoms. The first-order valence-corrected chi connectivity index (χ1v) is 4.97. The van der Waals surface area contributed by atoms with Crippen molar-refractivity contribution in [2.24, 2.45) is 5.92 Å². The van der Waals surface area contributed by atoms with Crippen LogP contribution >= 0.6 is 11.8 Å². The Balaban J connectivity index is 0.000000291. The summed E-state index contributed by atoms with van der Waals surface area (Å²) >= 11 is 2.11. The van der Waals surface area contributed by atoms with Crippen molar-refractivity contribution in [2.45, 2.75) is 39.4 Å². The molecule has 0 bridgehead atoms. The first-order chi connectivity index (χ1) is 4.30. The number of rotatable bonds is 0. The molecule has 9 heavy (non-hydrogen) atoms. The first-order valence-electron chi connectivity index (χ1n) is 3.92. The monoisotopic (exact) mass is 146 g/mol. The number of thioether (sulfide) groups is 1. The SMILES string of the molecule is CC.CC1CCSC1C. The van der Waals surface area contributed by atoms with Crippen molar-refractivity contribution in [3.8, 4) is 0 Å². The lowest BCUT2D eigenvalue weighted by atomic mass is 10.1. The molecule has 0 aromatic rings. The summed E-state index contributed by atoms with van der Waals surface area (Å²) in [6, 6.07) is 0. The van der Waals surface area contributed by atoms with E-state index in [1.54, 1.807) is 0 Å². The second-order valence-corrected chi connectivity index (χ2v) is 3.83. The molecule has 1 saturated heterocycles. The molecule has 0 saturated carbocycles. The molecule has 56 valence electrons. The van der Waals surface area contributed by atoms with Gasteiger partial charge in [0.2, 0.25) is 0 Å². The Morgan fingerprint density at radius 2 is 1.78 bits per heavy atom. The predicted molar refractivity (Wildman–Crippen MR) is 47.0 cm³/mol. The molecule has 1 fully saturated rings. The second kappa shape index (κ2) is 5.16. The van der Waals surface area contributed by atoms with Crippen LogP contribution in [0.5, 0.6) is 0 Å². The van der Waals surface area contributed by atoms with Crippen LogP contribution in [0.25, 0.3) is 0 Å². The quantitative estimate of drug-likeness (QED) is 0.506. The van der Waals surface area contributed by atoms with Gasteiger partial charge in [0.05, 0.1) is 0 Å². The first kappa shape index (κ1) is 9.35. The fourth-order valence-corrected chi connectivity index (χ4v) is 2.18. The molecule has 1 aliphatic rings. The minimum absolute atomic E-state index is 0.931. The van der Waals surface area contributed by atoms with E-state index in [0.29, 0.717) is 0 Å². The molecule has 0 aromatic carbocycles. The highest BCUT2D eigenvalue weighted by molar-refractivity contribution is 8.00. The van der Waals surface area contributed by atoms with Crippen LogP contribution in [0.4, 0.5) is 0 Å². The van der Waals surface area contributed by atoms with Crippen LogP contribution in [-0.4, -0.2) is 11.0 Å². The van der Waals surface area contributed by atoms with Gasteiger partial charge in [0.25, 0.3) is 0 Å². The zero-order valence-corrected chi connectivity index (χ0v) is 7.79. The lowest BCUT2D eigenvalue weighted by Crippen LogP contribution is -2.00. The van der Waals surface area contributed by atoms with E-state index < -0.39 is 0 Å². The fraction of sp³-hybridized carbons (Fsp3) is 1.00. The minimum atomic E-state index is 0.931. The molecular formula is C8H18S. The van der Waals surface area contributed by atoms with Gasteiger partial charge in [-0.3, -0.25) is 0 Å². The summed E-state index contributed by atoms with van der Waals surface area (Å²) in [7, 11) is 0. The summed E-state index contributed by atoms with van der Waals surface area (Å²) in [6.07, 6.45) is 1.44. The topological polar surface area (TPSA) is 0 Å². The molecule has 0 aromatic heterocycles. The Bertz CT molecular complexity index is 53.6. The summed E-state index contributed by atoms with van der Waals surface area (Å²) in [5.41, 5.74) is 0. The molecule has 0 spiro atoms. The van der Waals surface area contributed by atoms with Crippen molar-refractivity contribution < 1.29 is 0 Å². The van der Waals surface area contributed by atoms with Crippen molar-refractivity contribution in [3.05, 3.63) is 0 Å². The molecule has 2 atom stereocenters. The molecule has 1 rings (SSSR count). The van der Waals surface area contributed by atoms with E-state index in [-0.39, 0.29) is 0 Å². The average molecular weight is 146 g/mol. The Morgan fingerprint density at radius 3 is 1.89 bits per heavy atom. The average Bonchev–Trinajstić information content (AvgIpc) is 2.23. The maximum Gasteiger partial charge on any atom is 0.00446 e. The Labute approximate surface area is 63.4 Å². The van der Waals surface area contributed by atoms with Crippen molar-refractivity contribution in [1.82, 2.24) is 0 Å². The normalized spacial score (nSPS) is 33.3. The Hall–Kier alpha value is 0.350. The van der Waals surface area contributed by atoms with Gasteiger partial charge in [-0.1, -0.05) is 27.7 Å². The number of hydrogen-bond acceptors (Lipinski definition) is 1. The maximum absolute atomic E-state index is 2.34. The van der Waals surface area contributed by atoms with E-state index in [1.807, 2.05) is 13.8 Å². The lowest BCUT2D eigenvalue weighted by molar-refractivity contribution is 0.590. The summed E-state index contributed by atoms with van der Waals surface area (Å²) < 4.78 is 0. The van der Waals surface area contributed by atoms with Crippen molar-refractivity contribution in [1.29, 1.82) is 0 Å². The third-order valence-corrected chi connectivity index (χ3v) is 3.22. The van der Waals surface area contributed by atoms with Crippen molar-refractivity contribution >= 4 is 11.8 Å².